The van der Waals surface area contributed by atoms with Crippen LogP contribution in [0.4, 0.5) is 14.5 Å². The minimum atomic E-state index is -2.44. The zero-order valence-corrected chi connectivity index (χ0v) is 14.3. The molecule has 1 unspecified atom stereocenters. The molecule has 0 spiro atoms. The van der Waals surface area contributed by atoms with Crippen molar-refractivity contribution >= 4 is 23.4 Å². The summed E-state index contributed by atoms with van der Waals surface area (Å²) in [5, 5.41) is 2.82. The molecule has 0 aliphatic carbocycles. The van der Waals surface area contributed by atoms with Gasteiger partial charge >= 0.3 is 0 Å². The highest BCUT2D eigenvalue weighted by molar-refractivity contribution is 7.99. The van der Waals surface area contributed by atoms with Gasteiger partial charge in [0.25, 0.3) is 11.7 Å². The zero-order chi connectivity index (χ0) is 17.4. The summed E-state index contributed by atoms with van der Waals surface area (Å²) in [4.78, 5) is 13.8. The Morgan fingerprint density at radius 3 is 2.38 bits per heavy atom. The van der Waals surface area contributed by atoms with Gasteiger partial charge in [-0.05, 0) is 31.2 Å². The largest absolute Gasteiger partial charge is 0.324 e. The number of nitrogens with one attached hydrogen (secondary N) is 2. The van der Waals surface area contributed by atoms with Crippen LogP contribution in [0.15, 0.2) is 59.5 Å². The maximum atomic E-state index is 12.3. The molecular weight excluding hydrogens is 330 g/mol. The molecule has 6 heteroatoms. The Hall–Kier alpha value is -1.92. The Balaban J connectivity index is 1.87. The summed E-state index contributed by atoms with van der Waals surface area (Å²) in [5.74, 6) is -2.53. The van der Waals surface area contributed by atoms with E-state index in [0.717, 1.165) is 18.0 Å². The predicted molar refractivity (Wildman–Crippen MR) is 93.4 cm³/mol. The van der Waals surface area contributed by atoms with E-state index in [2.05, 4.69) is 5.32 Å². The molecule has 0 radical (unpaired) electrons. The Morgan fingerprint density at radius 1 is 1.12 bits per heavy atom. The first-order chi connectivity index (χ1) is 11.6. The fourth-order valence-corrected chi connectivity index (χ4v) is 2.85. The average Bonchev–Trinajstić information content (AvgIpc) is 2.56. The van der Waals surface area contributed by atoms with Crippen LogP contribution in [0.5, 0.6) is 0 Å². The summed E-state index contributed by atoms with van der Waals surface area (Å²) in [7, 11) is 0. The van der Waals surface area contributed by atoms with Crippen molar-refractivity contribution in [3.8, 4) is 0 Å². The zero-order valence-electron chi connectivity index (χ0n) is 13.5. The molecule has 0 fully saturated rings. The van der Waals surface area contributed by atoms with Crippen LogP contribution in [0.3, 0.4) is 0 Å². The highest BCUT2D eigenvalue weighted by Gasteiger charge is 2.13. The third-order valence-electron chi connectivity index (χ3n) is 3.57. The highest BCUT2D eigenvalue weighted by Crippen LogP contribution is 2.26. The van der Waals surface area contributed by atoms with Crippen molar-refractivity contribution in [3.05, 3.63) is 60.2 Å². The Bertz CT molecular complexity index is 635. The molecule has 1 atom stereocenters. The van der Waals surface area contributed by atoms with Gasteiger partial charge in [0.05, 0.1) is 6.54 Å². The van der Waals surface area contributed by atoms with Crippen LogP contribution in [0.2, 0.25) is 0 Å². The second-order valence-electron chi connectivity index (χ2n) is 5.39. The molecule has 0 saturated heterocycles. The number of carbonyl (C=O) groups is 1. The van der Waals surface area contributed by atoms with E-state index in [-0.39, 0.29) is 5.91 Å². The molecule has 1 amide bonds. The standard InChI is InChI=1S/C18H20F2N2OS/c1-2-22(12-14-6-4-3-5-7-14)13-17(23)21-15-8-10-16(11-9-15)24-18(19)20/h3-11,18H,2,12-13H2,1H3,(H,21,23)/p+1. The first kappa shape index (κ1) is 18.4. The lowest BCUT2D eigenvalue weighted by Crippen LogP contribution is -3.11. The van der Waals surface area contributed by atoms with Crippen molar-refractivity contribution in [2.75, 3.05) is 18.4 Å². The second-order valence-corrected chi connectivity index (χ2v) is 6.46. The van der Waals surface area contributed by atoms with E-state index < -0.39 is 5.76 Å². The van der Waals surface area contributed by atoms with Gasteiger partial charge < -0.3 is 10.2 Å². The molecule has 2 rings (SSSR count). The molecule has 0 bridgehead atoms. The number of benzene rings is 2. The number of hydrogen-bond acceptors (Lipinski definition) is 2. The van der Waals surface area contributed by atoms with Crippen molar-refractivity contribution in [3.63, 3.8) is 0 Å². The second kappa shape index (κ2) is 9.39. The smallest absolute Gasteiger partial charge is 0.288 e. The van der Waals surface area contributed by atoms with E-state index >= 15 is 0 Å². The minimum Gasteiger partial charge on any atom is -0.324 e. The number of amides is 1. The summed E-state index contributed by atoms with van der Waals surface area (Å²) in [5.41, 5.74) is 1.81. The maximum absolute atomic E-state index is 12.3. The van der Waals surface area contributed by atoms with E-state index in [1.165, 1.54) is 5.56 Å². The van der Waals surface area contributed by atoms with Crippen LogP contribution in [-0.4, -0.2) is 24.8 Å². The monoisotopic (exact) mass is 351 g/mol. The Labute approximate surface area is 145 Å². The quantitative estimate of drug-likeness (QED) is 0.717. The molecule has 2 N–H and O–H groups in total. The maximum Gasteiger partial charge on any atom is 0.288 e. The van der Waals surface area contributed by atoms with Gasteiger partial charge in [-0.1, -0.05) is 42.1 Å². The van der Waals surface area contributed by atoms with Crippen LogP contribution >= 0.6 is 11.8 Å². The number of quaternary nitrogens is 1. The van der Waals surface area contributed by atoms with Gasteiger partial charge in [0.1, 0.15) is 6.54 Å². The summed E-state index contributed by atoms with van der Waals surface area (Å²) < 4.78 is 24.6. The minimum absolute atomic E-state index is 0.0861. The summed E-state index contributed by atoms with van der Waals surface area (Å²) in [6, 6.07) is 16.5. The van der Waals surface area contributed by atoms with E-state index in [1.54, 1.807) is 24.3 Å². The number of carbonyl (C=O) groups excluding carboxylic acids is 1. The third kappa shape index (κ3) is 6.29. The molecule has 0 aliphatic rings. The van der Waals surface area contributed by atoms with Crippen LogP contribution in [0.1, 0.15) is 12.5 Å². The molecule has 128 valence electrons. The lowest BCUT2D eigenvalue weighted by molar-refractivity contribution is -0.903. The number of rotatable bonds is 8. The van der Waals surface area contributed by atoms with E-state index in [0.29, 0.717) is 28.9 Å². The van der Waals surface area contributed by atoms with Crippen molar-refractivity contribution in [2.24, 2.45) is 0 Å². The van der Waals surface area contributed by atoms with Gasteiger partial charge in [-0.25, -0.2) is 0 Å². The van der Waals surface area contributed by atoms with E-state index in [4.69, 9.17) is 0 Å². The Kier molecular flexibility index (Phi) is 7.21. The molecule has 3 nitrogen and oxygen atoms in total. The number of thioether (sulfide) groups is 1. The first-order valence-electron chi connectivity index (χ1n) is 7.79. The molecule has 2 aromatic rings. The average molecular weight is 351 g/mol. The lowest BCUT2D eigenvalue weighted by Gasteiger charge is -2.17. The number of likely N-dealkylation sites (N-methyl/N-ethyl adjacent to an activating group) is 1. The van der Waals surface area contributed by atoms with E-state index in [1.807, 2.05) is 37.3 Å². The molecule has 0 aromatic heterocycles. The van der Waals surface area contributed by atoms with Crippen molar-refractivity contribution in [1.82, 2.24) is 0 Å². The normalized spacial score (nSPS) is 12.2. The molecular formula is C18H21F2N2OS+. The number of hydrogen-bond donors (Lipinski definition) is 2. The SMILES string of the molecule is CC[NH+](CC(=O)Nc1ccc(SC(F)F)cc1)Cc1ccccc1. The predicted octanol–water partition coefficient (Wildman–Crippen LogP) is 3.04. The van der Waals surface area contributed by atoms with Crippen molar-refractivity contribution < 1.29 is 18.5 Å². The third-order valence-corrected chi connectivity index (χ3v) is 4.29. The molecule has 0 heterocycles. The lowest BCUT2D eigenvalue weighted by atomic mass is 10.2. The summed E-state index contributed by atoms with van der Waals surface area (Å²) in [6.45, 7) is 4.03. The van der Waals surface area contributed by atoms with Gasteiger partial charge in [0.15, 0.2) is 6.54 Å². The van der Waals surface area contributed by atoms with Crippen LogP contribution in [0.25, 0.3) is 0 Å². The van der Waals surface area contributed by atoms with Gasteiger partial charge in [-0.15, -0.1) is 0 Å². The Morgan fingerprint density at radius 2 is 1.79 bits per heavy atom. The number of alkyl halides is 2. The summed E-state index contributed by atoms with van der Waals surface area (Å²) in [6.07, 6.45) is 0. The highest BCUT2D eigenvalue weighted by atomic mass is 32.2. The topological polar surface area (TPSA) is 33.5 Å². The molecule has 0 saturated carbocycles. The molecule has 0 aliphatic heterocycles. The van der Waals surface area contributed by atoms with Crippen LogP contribution < -0.4 is 10.2 Å². The van der Waals surface area contributed by atoms with Gasteiger partial charge in [0, 0.05) is 16.1 Å². The van der Waals surface area contributed by atoms with Crippen LogP contribution in [-0.2, 0) is 11.3 Å². The number of halogens is 2. The van der Waals surface area contributed by atoms with Crippen molar-refractivity contribution in [2.45, 2.75) is 24.1 Å². The summed E-state index contributed by atoms with van der Waals surface area (Å²) >= 11 is 0.491. The fraction of sp³-hybridized carbons (Fsp3) is 0.278. The van der Waals surface area contributed by atoms with Crippen LogP contribution in [0, 0.1) is 0 Å². The van der Waals surface area contributed by atoms with Gasteiger partial charge in [-0.2, -0.15) is 8.78 Å². The molecule has 2 aromatic carbocycles. The fourth-order valence-electron chi connectivity index (χ4n) is 2.35. The molecule has 24 heavy (non-hydrogen) atoms. The van der Waals surface area contributed by atoms with Gasteiger partial charge in [-0.3, -0.25) is 4.79 Å². The first-order valence-corrected chi connectivity index (χ1v) is 8.67. The van der Waals surface area contributed by atoms with Gasteiger partial charge in [0.2, 0.25) is 0 Å². The van der Waals surface area contributed by atoms with Crippen molar-refractivity contribution in [1.29, 1.82) is 0 Å². The number of anilines is 1. The van der Waals surface area contributed by atoms with E-state index in [9.17, 15) is 13.6 Å².